The third-order valence-electron chi connectivity index (χ3n) is 2.82. The van der Waals surface area contributed by atoms with Gasteiger partial charge in [-0.3, -0.25) is 0 Å². The molecule has 0 bridgehead atoms. The highest BCUT2D eigenvalue weighted by atomic mass is 32.2. The van der Waals surface area contributed by atoms with Crippen LogP contribution >= 0.6 is 0 Å². The van der Waals surface area contributed by atoms with Crippen molar-refractivity contribution in [3.05, 3.63) is 0 Å². The third kappa shape index (κ3) is 11.0. The molecule has 0 rings (SSSR count). The molecule has 0 radical (unpaired) electrons. The first-order chi connectivity index (χ1) is 8.37. The lowest BCUT2D eigenvalue weighted by molar-refractivity contribution is 0.484. The molecule has 0 saturated heterocycles. The van der Waals surface area contributed by atoms with Crippen LogP contribution in [0.1, 0.15) is 53.4 Å². The SMILES string of the molecule is CCNCCCCS(=O)(=O)NC(C)CCC(C)C. The summed E-state index contributed by atoms with van der Waals surface area (Å²) in [5.41, 5.74) is 0. The quantitative estimate of drug-likeness (QED) is 0.569. The lowest BCUT2D eigenvalue weighted by Gasteiger charge is -2.15. The number of hydrogen-bond donors (Lipinski definition) is 2. The first kappa shape index (κ1) is 17.9. The Balaban J connectivity index is 3.78. The van der Waals surface area contributed by atoms with Gasteiger partial charge in [-0.1, -0.05) is 20.8 Å². The molecular weight excluding hydrogens is 248 g/mol. The Morgan fingerprint density at radius 1 is 1.06 bits per heavy atom. The number of rotatable bonds is 11. The molecule has 1 unspecified atom stereocenters. The highest BCUT2D eigenvalue weighted by Crippen LogP contribution is 2.07. The maximum absolute atomic E-state index is 11.8. The summed E-state index contributed by atoms with van der Waals surface area (Å²) in [6.45, 7) is 10.1. The van der Waals surface area contributed by atoms with E-state index in [-0.39, 0.29) is 11.8 Å². The van der Waals surface area contributed by atoms with Crippen LogP contribution in [0.3, 0.4) is 0 Å². The van der Waals surface area contributed by atoms with Crippen molar-refractivity contribution < 1.29 is 8.42 Å². The van der Waals surface area contributed by atoms with Gasteiger partial charge in [-0.15, -0.1) is 0 Å². The summed E-state index contributed by atoms with van der Waals surface area (Å²) in [6, 6.07) is 0.0474. The van der Waals surface area contributed by atoms with Crippen molar-refractivity contribution in [2.75, 3.05) is 18.8 Å². The normalized spacial score (nSPS) is 14.1. The molecule has 110 valence electrons. The van der Waals surface area contributed by atoms with Crippen molar-refractivity contribution in [3.63, 3.8) is 0 Å². The van der Waals surface area contributed by atoms with Crippen LogP contribution in [0.15, 0.2) is 0 Å². The first-order valence-corrected chi connectivity index (χ1v) is 8.73. The molecule has 2 N–H and O–H groups in total. The van der Waals surface area contributed by atoms with E-state index in [9.17, 15) is 8.42 Å². The molecule has 5 heteroatoms. The Morgan fingerprint density at radius 3 is 2.28 bits per heavy atom. The fourth-order valence-corrected chi connectivity index (χ4v) is 3.16. The third-order valence-corrected chi connectivity index (χ3v) is 4.41. The minimum absolute atomic E-state index is 0.0474. The average Bonchev–Trinajstić information content (AvgIpc) is 2.25. The van der Waals surface area contributed by atoms with E-state index in [1.54, 1.807) is 0 Å². The highest BCUT2D eigenvalue weighted by Gasteiger charge is 2.14. The van der Waals surface area contributed by atoms with E-state index in [0.29, 0.717) is 5.92 Å². The minimum atomic E-state index is -3.09. The molecule has 18 heavy (non-hydrogen) atoms. The second-order valence-electron chi connectivity index (χ2n) is 5.37. The Labute approximate surface area is 113 Å². The van der Waals surface area contributed by atoms with Gasteiger partial charge in [-0.05, 0) is 51.6 Å². The maximum atomic E-state index is 11.8. The molecule has 0 heterocycles. The van der Waals surface area contributed by atoms with E-state index >= 15 is 0 Å². The zero-order valence-electron chi connectivity index (χ0n) is 12.3. The van der Waals surface area contributed by atoms with Gasteiger partial charge >= 0.3 is 0 Å². The summed E-state index contributed by atoms with van der Waals surface area (Å²) in [7, 11) is -3.09. The second kappa shape index (κ2) is 9.75. The van der Waals surface area contributed by atoms with Gasteiger partial charge in [0, 0.05) is 6.04 Å². The van der Waals surface area contributed by atoms with Crippen LogP contribution in [0.4, 0.5) is 0 Å². The molecule has 0 aromatic heterocycles. The van der Waals surface area contributed by atoms with Gasteiger partial charge in [0.25, 0.3) is 0 Å². The summed E-state index contributed by atoms with van der Waals surface area (Å²) < 4.78 is 26.3. The van der Waals surface area contributed by atoms with Gasteiger partial charge < -0.3 is 5.32 Å². The van der Waals surface area contributed by atoms with Crippen molar-refractivity contribution in [1.82, 2.24) is 10.0 Å². The Hall–Kier alpha value is -0.130. The van der Waals surface area contributed by atoms with E-state index < -0.39 is 10.0 Å². The van der Waals surface area contributed by atoms with Gasteiger partial charge in [0.15, 0.2) is 0 Å². The van der Waals surface area contributed by atoms with E-state index in [1.807, 2.05) is 6.92 Å². The number of unbranched alkanes of at least 4 members (excludes halogenated alkanes) is 1. The predicted molar refractivity (Wildman–Crippen MR) is 78.2 cm³/mol. The average molecular weight is 278 g/mol. The molecule has 0 spiro atoms. The monoisotopic (exact) mass is 278 g/mol. The van der Waals surface area contributed by atoms with Crippen molar-refractivity contribution >= 4 is 10.0 Å². The van der Waals surface area contributed by atoms with Crippen molar-refractivity contribution in [2.45, 2.75) is 59.4 Å². The highest BCUT2D eigenvalue weighted by molar-refractivity contribution is 7.89. The van der Waals surface area contributed by atoms with Crippen LogP contribution < -0.4 is 10.0 Å². The van der Waals surface area contributed by atoms with Crippen molar-refractivity contribution in [3.8, 4) is 0 Å². The van der Waals surface area contributed by atoms with E-state index in [2.05, 4.69) is 30.8 Å². The fraction of sp³-hybridized carbons (Fsp3) is 1.00. The summed E-state index contributed by atoms with van der Waals surface area (Å²) >= 11 is 0. The molecule has 0 fully saturated rings. The molecular formula is C13H30N2O2S. The lowest BCUT2D eigenvalue weighted by atomic mass is 10.1. The molecule has 1 atom stereocenters. The first-order valence-electron chi connectivity index (χ1n) is 7.08. The number of hydrogen-bond acceptors (Lipinski definition) is 3. The Bertz CT molecular complexity index is 289. The molecule has 0 aliphatic heterocycles. The largest absolute Gasteiger partial charge is 0.317 e. The molecule has 4 nitrogen and oxygen atoms in total. The van der Waals surface area contributed by atoms with Gasteiger partial charge in [-0.25, -0.2) is 13.1 Å². The molecule has 0 saturated carbocycles. The Kier molecular flexibility index (Phi) is 9.68. The Morgan fingerprint density at radius 2 is 1.72 bits per heavy atom. The van der Waals surface area contributed by atoms with Crippen molar-refractivity contribution in [1.29, 1.82) is 0 Å². The summed E-state index contributed by atoms with van der Waals surface area (Å²) in [6.07, 6.45) is 3.60. The zero-order valence-corrected chi connectivity index (χ0v) is 13.1. The molecule has 0 aliphatic carbocycles. The van der Waals surface area contributed by atoms with Gasteiger partial charge in [0.05, 0.1) is 5.75 Å². The van der Waals surface area contributed by atoms with Crippen LogP contribution in [0, 0.1) is 5.92 Å². The van der Waals surface area contributed by atoms with Crippen LogP contribution in [-0.2, 0) is 10.0 Å². The van der Waals surface area contributed by atoms with E-state index in [0.717, 1.165) is 38.8 Å². The van der Waals surface area contributed by atoms with Crippen molar-refractivity contribution in [2.24, 2.45) is 5.92 Å². The zero-order chi connectivity index (χ0) is 14.0. The molecule has 0 aromatic rings. The van der Waals surface area contributed by atoms with Crippen LogP contribution in [-0.4, -0.2) is 33.3 Å². The summed E-state index contributed by atoms with van der Waals surface area (Å²) in [5, 5.41) is 3.19. The summed E-state index contributed by atoms with van der Waals surface area (Å²) in [5.74, 6) is 0.863. The lowest BCUT2D eigenvalue weighted by Crippen LogP contribution is -2.34. The smallest absolute Gasteiger partial charge is 0.211 e. The maximum Gasteiger partial charge on any atom is 0.211 e. The van der Waals surface area contributed by atoms with Crippen LogP contribution in [0.2, 0.25) is 0 Å². The predicted octanol–water partition coefficient (Wildman–Crippen LogP) is 2.12. The second-order valence-corrected chi connectivity index (χ2v) is 7.24. The summed E-state index contributed by atoms with van der Waals surface area (Å²) in [4.78, 5) is 0. The molecule has 0 aliphatic rings. The molecule has 0 aromatic carbocycles. The topological polar surface area (TPSA) is 58.2 Å². The molecule has 0 amide bonds. The fourth-order valence-electron chi connectivity index (χ4n) is 1.73. The number of nitrogens with one attached hydrogen (secondary N) is 2. The minimum Gasteiger partial charge on any atom is -0.317 e. The van der Waals surface area contributed by atoms with Crippen LogP contribution in [0.5, 0.6) is 0 Å². The van der Waals surface area contributed by atoms with E-state index in [1.165, 1.54) is 0 Å². The van der Waals surface area contributed by atoms with Gasteiger partial charge in [-0.2, -0.15) is 0 Å². The number of sulfonamides is 1. The van der Waals surface area contributed by atoms with E-state index in [4.69, 9.17) is 0 Å². The van der Waals surface area contributed by atoms with Gasteiger partial charge in [0.1, 0.15) is 0 Å². The van der Waals surface area contributed by atoms with Crippen LogP contribution in [0.25, 0.3) is 0 Å². The van der Waals surface area contributed by atoms with Gasteiger partial charge in [0.2, 0.25) is 10.0 Å². The standard InChI is InChI=1S/C13H30N2O2S/c1-5-14-10-6-7-11-18(16,17)15-13(4)9-8-12(2)3/h12-15H,5-11H2,1-4H3.